The second-order valence-corrected chi connectivity index (χ2v) is 15.4. The molecule has 18 nitrogen and oxygen atoms in total. The first-order chi connectivity index (χ1) is 27.1. The average molecular weight is 785 g/mol. The number of hydrogen-bond donors (Lipinski definition) is 5. The fourth-order valence-electron chi connectivity index (χ4n) is 7.27. The molecule has 18 heteroatoms. The summed E-state index contributed by atoms with van der Waals surface area (Å²) in [6, 6.07) is 6.32. The van der Waals surface area contributed by atoms with E-state index in [0.29, 0.717) is 84.3 Å². The molecule has 4 amide bonds. The zero-order valence-corrected chi connectivity index (χ0v) is 33.1. The maximum absolute atomic E-state index is 13.3. The van der Waals surface area contributed by atoms with Crippen molar-refractivity contribution in [1.82, 2.24) is 34.1 Å². The minimum atomic E-state index is -0.646. The molecule has 1 aromatic carbocycles. The summed E-state index contributed by atoms with van der Waals surface area (Å²) < 4.78 is 15.1. The lowest BCUT2D eigenvalue weighted by Gasteiger charge is -2.26. The van der Waals surface area contributed by atoms with Gasteiger partial charge < -0.3 is 41.8 Å². The summed E-state index contributed by atoms with van der Waals surface area (Å²) in [6.07, 6.45) is 5.58. The summed E-state index contributed by atoms with van der Waals surface area (Å²) in [5, 5.41) is 10.5. The molecule has 0 unspecified atom stereocenters. The Labute approximate surface area is 330 Å². The van der Waals surface area contributed by atoms with Crippen LogP contribution in [0.2, 0.25) is 0 Å². The van der Waals surface area contributed by atoms with Crippen LogP contribution in [-0.4, -0.2) is 109 Å². The number of nitrogens with two attached hydrogens (primary N) is 3. The Bertz CT molecular complexity index is 2170. The van der Waals surface area contributed by atoms with Gasteiger partial charge in [0.05, 0.1) is 23.6 Å². The lowest BCUT2D eigenvalue weighted by atomic mass is 10.0. The molecule has 57 heavy (non-hydrogen) atoms. The Morgan fingerprint density at radius 2 is 1.70 bits per heavy atom. The van der Waals surface area contributed by atoms with E-state index in [1.165, 1.54) is 18.3 Å². The van der Waals surface area contributed by atoms with Gasteiger partial charge in [0.2, 0.25) is 17.8 Å². The molecule has 0 spiro atoms. The van der Waals surface area contributed by atoms with Gasteiger partial charge in [0.25, 0.3) is 5.91 Å². The van der Waals surface area contributed by atoms with Crippen molar-refractivity contribution in [1.29, 1.82) is 0 Å². The Kier molecular flexibility index (Phi) is 12.0. The molecule has 2 aliphatic rings. The second-order valence-electron chi connectivity index (χ2n) is 15.4. The number of ether oxygens (including phenoxy) is 2. The number of likely N-dealkylation sites (tertiary alicyclic amines) is 2. The van der Waals surface area contributed by atoms with E-state index in [1.807, 2.05) is 51.7 Å². The number of allylic oxidation sites excluding steroid dienone is 1. The number of carbonyl (C=O) groups excluding carboxylic acids is 4. The number of imidazole rings is 1. The number of pyridine rings is 1. The molecule has 8 N–H and O–H groups in total. The quantitative estimate of drug-likeness (QED) is 0.0663. The predicted molar refractivity (Wildman–Crippen MR) is 215 cm³/mol. The Hall–Kier alpha value is -6.17. The van der Waals surface area contributed by atoms with Crippen molar-refractivity contribution in [2.75, 3.05) is 62.2 Å². The first-order valence-corrected chi connectivity index (χ1v) is 19.1. The van der Waals surface area contributed by atoms with Crippen LogP contribution >= 0.6 is 0 Å². The van der Waals surface area contributed by atoms with Gasteiger partial charge in [-0.2, -0.15) is 5.10 Å². The largest absolute Gasteiger partial charge is 0.491 e. The van der Waals surface area contributed by atoms with Gasteiger partial charge in [-0.05, 0) is 77.1 Å². The van der Waals surface area contributed by atoms with Crippen molar-refractivity contribution in [3.8, 4) is 5.75 Å². The van der Waals surface area contributed by atoms with Gasteiger partial charge >= 0.3 is 6.09 Å². The van der Waals surface area contributed by atoms with Gasteiger partial charge in [0, 0.05) is 64.1 Å². The average Bonchev–Trinajstić information content (AvgIpc) is 3.91. The van der Waals surface area contributed by atoms with Crippen molar-refractivity contribution in [2.24, 2.45) is 23.3 Å². The number of hydrogen-bond acceptors (Lipinski definition) is 12. The molecule has 3 aromatic heterocycles. The fourth-order valence-corrected chi connectivity index (χ4v) is 7.27. The van der Waals surface area contributed by atoms with Crippen LogP contribution in [0.1, 0.15) is 71.0 Å². The Morgan fingerprint density at radius 3 is 2.37 bits per heavy atom. The summed E-state index contributed by atoms with van der Waals surface area (Å²) in [4.78, 5) is 63.0. The molecule has 0 bridgehead atoms. The highest BCUT2D eigenvalue weighted by atomic mass is 16.6. The van der Waals surface area contributed by atoms with E-state index in [9.17, 15) is 19.2 Å². The van der Waals surface area contributed by atoms with Crippen molar-refractivity contribution in [3.63, 3.8) is 0 Å². The molecule has 4 aromatic rings. The zero-order chi connectivity index (χ0) is 41.0. The van der Waals surface area contributed by atoms with Crippen LogP contribution in [0.25, 0.3) is 11.2 Å². The number of primary amides is 2. The molecule has 0 aliphatic carbocycles. The topological polar surface area (TPSA) is 244 Å². The molecule has 0 radical (unpaired) electrons. The monoisotopic (exact) mass is 784 g/mol. The van der Waals surface area contributed by atoms with E-state index < -0.39 is 23.3 Å². The molecule has 2 saturated heterocycles. The van der Waals surface area contributed by atoms with Crippen molar-refractivity contribution in [3.05, 3.63) is 65.1 Å². The van der Waals surface area contributed by atoms with E-state index >= 15 is 0 Å². The van der Waals surface area contributed by atoms with Gasteiger partial charge in [-0.1, -0.05) is 12.2 Å². The van der Waals surface area contributed by atoms with Gasteiger partial charge in [-0.25, -0.2) is 14.8 Å². The van der Waals surface area contributed by atoms with Gasteiger partial charge in [-0.15, -0.1) is 0 Å². The first kappa shape index (κ1) is 40.5. The second kappa shape index (κ2) is 16.9. The van der Waals surface area contributed by atoms with Crippen LogP contribution < -0.4 is 32.6 Å². The van der Waals surface area contributed by atoms with Crippen LogP contribution in [-0.2, 0) is 17.8 Å². The van der Waals surface area contributed by atoms with Crippen LogP contribution in [0.15, 0.2) is 42.6 Å². The van der Waals surface area contributed by atoms with Gasteiger partial charge in [-0.3, -0.25) is 28.9 Å². The minimum Gasteiger partial charge on any atom is -0.491 e. The van der Waals surface area contributed by atoms with E-state index in [1.54, 1.807) is 21.4 Å². The lowest BCUT2D eigenvalue weighted by Crippen LogP contribution is -2.37. The highest BCUT2D eigenvalue weighted by Crippen LogP contribution is 2.34. The molecular weight excluding hydrogens is 733 g/mol. The van der Waals surface area contributed by atoms with Gasteiger partial charge in [0.15, 0.2) is 5.65 Å². The molecule has 0 saturated carbocycles. The van der Waals surface area contributed by atoms with E-state index in [2.05, 4.69) is 30.6 Å². The third kappa shape index (κ3) is 9.62. The SMILES string of the molecule is CCn1nc(C)cc1C(=O)Nc1nc2cc(C(N)=O)cnc2n1C/C=C/CNc1c(N)cc(C(N)=O)cc1OCCCN1C[C@@H]2CN(C(=O)OC(C)(C)C)C[C@@H]2C1. The van der Waals surface area contributed by atoms with Crippen LogP contribution in [0.4, 0.5) is 22.1 Å². The number of carbonyl (C=O) groups is 4. The summed E-state index contributed by atoms with van der Waals surface area (Å²) in [5.74, 6) is -0.198. The maximum atomic E-state index is 13.3. The van der Waals surface area contributed by atoms with Crippen LogP contribution in [0.5, 0.6) is 5.75 Å². The number of nitrogen functional groups attached to an aromatic ring is 1. The summed E-state index contributed by atoms with van der Waals surface area (Å²) in [6.45, 7) is 14.9. The predicted octanol–water partition coefficient (Wildman–Crippen LogP) is 3.22. The van der Waals surface area contributed by atoms with Gasteiger partial charge in [0.1, 0.15) is 28.2 Å². The maximum Gasteiger partial charge on any atom is 0.410 e. The number of benzene rings is 1. The number of fused-ring (bicyclic) bond motifs is 2. The van der Waals surface area contributed by atoms with Crippen molar-refractivity contribution < 1.29 is 28.7 Å². The molecule has 304 valence electrons. The molecular formula is C39H52N12O6. The molecule has 2 fully saturated rings. The van der Waals surface area contributed by atoms with E-state index in [0.717, 1.165) is 26.1 Å². The number of nitrogens with one attached hydrogen (secondary N) is 2. The van der Waals surface area contributed by atoms with E-state index in [-0.39, 0.29) is 29.7 Å². The summed E-state index contributed by atoms with van der Waals surface area (Å²) in [5.41, 5.74) is 20.1. The van der Waals surface area contributed by atoms with E-state index in [4.69, 9.17) is 26.7 Å². The smallest absolute Gasteiger partial charge is 0.410 e. The Balaban J connectivity index is 1.07. The van der Waals surface area contributed by atoms with Crippen molar-refractivity contribution >= 4 is 52.3 Å². The first-order valence-electron chi connectivity index (χ1n) is 19.1. The summed E-state index contributed by atoms with van der Waals surface area (Å²) >= 11 is 0. The number of amides is 4. The molecule has 6 rings (SSSR count). The third-order valence-corrected chi connectivity index (χ3v) is 9.89. The zero-order valence-electron chi connectivity index (χ0n) is 33.1. The summed E-state index contributed by atoms with van der Waals surface area (Å²) in [7, 11) is 0. The molecule has 5 heterocycles. The number of aryl methyl sites for hydroxylation is 2. The van der Waals surface area contributed by atoms with Crippen LogP contribution in [0.3, 0.4) is 0 Å². The normalized spacial score (nSPS) is 17.0. The highest BCUT2D eigenvalue weighted by Gasteiger charge is 2.42. The number of nitrogens with zero attached hydrogens (tertiary/aromatic N) is 7. The number of aromatic nitrogens is 5. The standard InChI is InChI=1S/C39H52N12O6/c1-6-51-30(14-23(2)47-51)36(54)46-37-45-29-16-25(34(42)53)18-44-35(29)50(37)12-8-7-10-43-32-28(40)15-24(33(41)52)17-31(32)56-13-9-11-48-19-26-21-49(22-27(26)20-48)38(55)57-39(3,4)5/h7-8,14-18,26-27,43H,6,9-13,19-22,40H2,1-5H3,(H2,41,52)(H2,42,53)(H,45,46,54)/b8-7+/t26-,27+. The number of rotatable bonds is 15. The number of anilines is 3. The minimum absolute atomic E-state index is 0.189. The fraction of sp³-hybridized carbons (Fsp3) is 0.462. The van der Waals surface area contributed by atoms with Crippen LogP contribution in [0, 0.1) is 18.8 Å². The highest BCUT2D eigenvalue weighted by molar-refractivity contribution is 6.03. The Morgan fingerprint density at radius 1 is 0.982 bits per heavy atom. The molecule has 2 aliphatic heterocycles. The lowest BCUT2D eigenvalue weighted by molar-refractivity contribution is 0.0274. The third-order valence-electron chi connectivity index (χ3n) is 9.89. The van der Waals surface area contributed by atoms with Crippen molar-refractivity contribution in [2.45, 2.75) is 59.7 Å². The molecule has 2 atom stereocenters.